The summed E-state index contributed by atoms with van der Waals surface area (Å²) in [5.74, 6) is -1.43. The molecule has 4 rings (SSSR count). The van der Waals surface area contributed by atoms with E-state index < -0.39 is 5.92 Å². The molecule has 0 unspecified atom stereocenters. The molecule has 2 aliphatic rings. The Bertz CT molecular complexity index is 1210. The first-order chi connectivity index (χ1) is 19.9. The molecular formula is C34H42N2O5. The molecule has 2 aromatic rings. The highest BCUT2D eigenvalue weighted by Crippen LogP contribution is 2.28. The maximum Gasteiger partial charge on any atom is 0.309 e. The summed E-state index contributed by atoms with van der Waals surface area (Å²) in [6.45, 7) is 8.63. The van der Waals surface area contributed by atoms with Gasteiger partial charge in [0.1, 0.15) is 6.61 Å². The average molecular weight is 559 g/mol. The van der Waals surface area contributed by atoms with Crippen LogP contribution in [0.2, 0.25) is 0 Å². The van der Waals surface area contributed by atoms with E-state index in [1.807, 2.05) is 54.6 Å². The van der Waals surface area contributed by atoms with Crippen LogP contribution >= 0.6 is 0 Å². The number of benzene rings is 2. The summed E-state index contributed by atoms with van der Waals surface area (Å²) < 4.78 is 5.77. The van der Waals surface area contributed by atoms with Crippen LogP contribution in [0.5, 0.6) is 0 Å². The molecule has 2 aromatic carbocycles. The first kappa shape index (κ1) is 30.3. The molecule has 4 atom stereocenters. The maximum absolute atomic E-state index is 13.7. The molecule has 2 aliphatic heterocycles. The molecule has 0 radical (unpaired) electrons. The smallest absolute Gasteiger partial charge is 0.309 e. The van der Waals surface area contributed by atoms with E-state index in [1.165, 1.54) is 0 Å². The van der Waals surface area contributed by atoms with E-state index in [-0.39, 0.29) is 55.4 Å². The topological polar surface area (TPSA) is 87.2 Å². The maximum atomic E-state index is 13.7. The molecule has 0 saturated carbocycles. The van der Waals surface area contributed by atoms with E-state index >= 15 is 0 Å². The quantitative estimate of drug-likeness (QED) is 0.289. The first-order valence-electron chi connectivity index (χ1n) is 14.6. The number of carbonyl (C=O) groups is 3. The van der Waals surface area contributed by atoms with E-state index in [9.17, 15) is 19.5 Å². The number of aliphatic hydroxyl groups excluding tert-OH is 1. The van der Waals surface area contributed by atoms with Gasteiger partial charge in [0, 0.05) is 19.5 Å². The number of amides is 2. The molecule has 7 heteroatoms. The fourth-order valence-electron chi connectivity index (χ4n) is 6.04. The van der Waals surface area contributed by atoms with Crippen LogP contribution in [0.25, 0.3) is 0 Å². The summed E-state index contributed by atoms with van der Waals surface area (Å²) in [6.07, 6.45) is 7.07. The van der Waals surface area contributed by atoms with Crippen LogP contribution in [0.1, 0.15) is 48.8 Å². The minimum absolute atomic E-state index is 0.0466. The third-order valence-corrected chi connectivity index (χ3v) is 8.30. The number of esters is 1. The predicted octanol–water partition coefficient (Wildman–Crippen LogP) is 4.48. The second kappa shape index (κ2) is 14.8. The minimum Gasteiger partial charge on any atom is -0.463 e. The monoisotopic (exact) mass is 558 g/mol. The second-order valence-electron chi connectivity index (χ2n) is 11.1. The summed E-state index contributed by atoms with van der Waals surface area (Å²) in [4.78, 5) is 43.7. The highest BCUT2D eigenvalue weighted by atomic mass is 16.5. The third kappa shape index (κ3) is 7.73. The summed E-state index contributed by atoms with van der Waals surface area (Å²) in [7, 11) is 0. The van der Waals surface area contributed by atoms with Gasteiger partial charge in [-0.3, -0.25) is 14.4 Å². The van der Waals surface area contributed by atoms with Crippen molar-refractivity contribution < 1.29 is 24.2 Å². The van der Waals surface area contributed by atoms with Crippen LogP contribution in [-0.2, 0) is 38.5 Å². The molecule has 2 amide bonds. The molecule has 7 nitrogen and oxygen atoms in total. The molecule has 41 heavy (non-hydrogen) atoms. The normalized spacial score (nSPS) is 19.6. The number of hydrogen-bond donors (Lipinski definition) is 1. The zero-order valence-electron chi connectivity index (χ0n) is 23.8. The van der Waals surface area contributed by atoms with Gasteiger partial charge in [-0.25, -0.2) is 0 Å². The van der Waals surface area contributed by atoms with E-state index in [4.69, 9.17) is 4.74 Å². The Kier molecular flexibility index (Phi) is 10.9. The van der Waals surface area contributed by atoms with Crippen molar-refractivity contribution in [3.8, 4) is 0 Å². The fraction of sp³-hybridized carbons (Fsp3) is 0.441. The Morgan fingerprint density at radius 2 is 1.61 bits per heavy atom. The zero-order valence-corrected chi connectivity index (χ0v) is 23.8. The van der Waals surface area contributed by atoms with Crippen molar-refractivity contribution in [2.24, 2.45) is 11.8 Å². The lowest BCUT2D eigenvalue weighted by atomic mass is 9.92. The van der Waals surface area contributed by atoms with Gasteiger partial charge in [-0.05, 0) is 55.2 Å². The van der Waals surface area contributed by atoms with Crippen LogP contribution in [0.4, 0.5) is 0 Å². The van der Waals surface area contributed by atoms with Crippen molar-refractivity contribution in [2.45, 2.75) is 63.6 Å². The number of rotatable bonds is 13. The van der Waals surface area contributed by atoms with Gasteiger partial charge in [0.2, 0.25) is 11.8 Å². The van der Waals surface area contributed by atoms with Crippen LogP contribution in [-0.4, -0.2) is 64.5 Å². The molecule has 218 valence electrons. The molecule has 1 N–H and O–H groups in total. The highest BCUT2D eigenvalue weighted by Gasteiger charge is 2.37. The van der Waals surface area contributed by atoms with Crippen molar-refractivity contribution in [1.82, 2.24) is 9.80 Å². The lowest BCUT2D eigenvalue weighted by Crippen LogP contribution is -2.48. The molecule has 1 saturated heterocycles. The van der Waals surface area contributed by atoms with Gasteiger partial charge in [0.25, 0.3) is 0 Å². The summed E-state index contributed by atoms with van der Waals surface area (Å²) in [6, 6.07) is 17.3. The minimum atomic E-state index is -0.556. The summed E-state index contributed by atoms with van der Waals surface area (Å²) in [5.41, 5.74) is 3.27. The largest absolute Gasteiger partial charge is 0.463 e. The van der Waals surface area contributed by atoms with Gasteiger partial charge in [-0.15, -0.1) is 13.2 Å². The predicted molar refractivity (Wildman–Crippen MR) is 159 cm³/mol. The number of nitrogens with zero attached hydrogens (tertiary/aromatic N) is 2. The van der Waals surface area contributed by atoms with Crippen LogP contribution in [0.15, 0.2) is 79.9 Å². The van der Waals surface area contributed by atoms with Crippen LogP contribution in [0.3, 0.4) is 0 Å². The lowest BCUT2D eigenvalue weighted by molar-refractivity contribution is -0.152. The number of hydrogen-bond acceptors (Lipinski definition) is 5. The van der Waals surface area contributed by atoms with Gasteiger partial charge in [-0.1, -0.05) is 66.7 Å². The number of ether oxygens (including phenoxy) is 1. The van der Waals surface area contributed by atoms with Gasteiger partial charge in [0.05, 0.1) is 30.5 Å². The van der Waals surface area contributed by atoms with Gasteiger partial charge in [-0.2, -0.15) is 0 Å². The summed E-state index contributed by atoms with van der Waals surface area (Å²) in [5, 5.41) is 10.0. The third-order valence-electron chi connectivity index (χ3n) is 8.30. The van der Waals surface area contributed by atoms with Gasteiger partial charge in [0.15, 0.2) is 0 Å². The Labute approximate surface area is 243 Å². The van der Waals surface area contributed by atoms with Crippen LogP contribution < -0.4 is 0 Å². The Morgan fingerprint density at radius 1 is 0.927 bits per heavy atom. The lowest BCUT2D eigenvalue weighted by Gasteiger charge is -2.37. The van der Waals surface area contributed by atoms with Crippen molar-refractivity contribution in [3.63, 3.8) is 0 Å². The van der Waals surface area contributed by atoms with Crippen molar-refractivity contribution in [2.75, 3.05) is 19.8 Å². The Morgan fingerprint density at radius 3 is 2.32 bits per heavy atom. The average Bonchev–Trinajstić information content (AvgIpc) is 3.47. The molecule has 0 aromatic heterocycles. The standard InChI is InChI=1S/C34H42N2O5/c1-3-11-27(21-32(38)36-22-29-16-9-8-15-26(29)20-31(36)23-37)33(39)35-18-10-17-30(35)24-41-34(40)28(12-4-2)19-25-13-6-5-7-14-25/h3-9,13-16,27-28,30-31,37H,1-2,10-12,17-24H2/t27-,28-,30+,31+/m1/s1. The highest BCUT2D eigenvalue weighted by molar-refractivity contribution is 5.86. The number of aliphatic hydroxyl groups is 1. The number of fused-ring (bicyclic) bond motifs is 1. The molecule has 0 spiro atoms. The first-order valence-corrected chi connectivity index (χ1v) is 14.6. The van der Waals surface area contributed by atoms with E-state index in [1.54, 1.807) is 22.0 Å². The molecule has 1 fully saturated rings. The number of carbonyl (C=O) groups excluding carboxylic acids is 3. The van der Waals surface area contributed by atoms with E-state index in [0.717, 1.165) is 29.5 Å². The Balaban J connectivity index is 1.38. The number of likely N-dealkylation sites (tertiary alicyclic amines) is 1. The molecular weight excluding hydrogens is 516 g/mol. The van der Waals surface area contributed by atoms with Crippen molar-refractivity contribution in [1.29, 1.82) is 0 Å². The van der Waals surface area contributed by atoms with Crippen molar-refractivity contribution in [3.05, 3.63) is 96.6 Å². The van der Waals surface area contributed by atoms with Crippen LogP contribution in [0, 0.1) is 11.8 Å². The summed E-state index contributed by atoms with van der Waals surface area (Å²) >= 11 is 0. The molecule has 0 bridgehead atoms. The fourth-order valence-corrected chi connectivity index (χ4v) is 6.04. The van der Waals surface area contributed by atoms with Gasteiger partial charge >= 0.3 is 5.97 Å². The molecule has 0 aliphatic carbocycles. The number of allylic oxidation sites excluding steroid dienone is 2. The van der Waals surface area contributed by atoms with E-state index in [2.05, 4.69) is 13.2 Å². The SMILES string of the molecule is C=CC[C@H](Cc1ccccc1)C(=O)OC[C@@H]1CCCN1C(=O)[C@H](CC=C)CC(=O)N1Cc2ccccc2C[C@H]1CO. The second-order valence-corrected chi connectivity index (χ2v) is 11.1. The zero-order chi connectivity index (χ0) is 29.2. The van der Waals surface area contributed by atoms with Crippen molar-refractivity contribution >= 4 is 17.8 Å². The Hall–Kier alpha value is -3.71. The molecule has 2 heterocycles. The van der Waals surface area contributed by atoms with Gasteiger partial charge < -0.3 is 19.6 Å². The van der Waals surface area contributed by atoms with E-state index in [0.29, 0.717) is 38.8 Å².